The van der Waals surface area contributed by atoms with Crippen molar-refractivity contribution < 1.29 is 23.9 Å². The highest BCUT2D eigenvalue weighted by Gasteiger charge is 2.48. The summed E-state index contributed by atoms with van der Waals surface area (Å²) < 4.78 is 12.1. The van der Waals surface area contributed by atoms with Crippen LogP contribution in [-0.2, 0) is 4.57 Å². The molecule has 0 spiro atoms. The molecule has 1 unspecified atom stereocenters. The second-order valence-electron chi connectivity index (χ2n) is 10.3. The Morgan fingerprint density at radius 3 is 1.44 bits per heavy atom. The Balaban J connectivity index is 3.65. The zero-order chi connectivity index (χ0) is 24.3. The number of aliphatic hydroxyl groups is 1. The summed E-state index contributed by atoms with van der Waals surface area (Å²) in [6.45, 7) is 2.23. The van der Waals surface area contributed by atoms with Gasteiger partial charge in [-0.1, -0.05) is 76.2 Å². The van der Waals surface area contributed by atoms with E-state index in [1.807, 2.05) is 21.1 Å². The molecule has 0 aliphatic rings. The fourth-order valence-corrected chi connectivity index (χ4v) is 5.09. The van der Waals surface area contributed by atoms with E-state index in [-0.39, 0.29) is 13.0 Å². The summed E-state index contributed by atoms with van der Waals surface area (Å²) in [4.78, 5) is 19.2. The average Bonchev–Trinajstić information content (AvgIpc) is 2.67. The molecule has 0 saturated heterocycles. The van der Waals surface area contributed by atoms with Crippen molar-refractivity contribution in [3.05, 3.63) is 24.3 Å². The van der Waals surface area contributed by atoms with Crippen LogP contribution in [0.25, 0.3) is 0 Å². The summed E-state index contributed by atoms with van der Waals surface area (Å²) in [6, 6.07) is 0. The first-order valence-electron chi connectivity index (χ1n) is 12.9. The van der Waals surface area contributed by atoms with Gasteiger partial charge in [0, 0.05) is 0 Å². The van der Waals surface area contributed by atoms with Crippen LogP contribution in [0.5, 0.6) is 0 Å². The van der Waals surface area contributed by atoms with Gasteiger partial charge < -0.3 is 19.4 Å². The van der Waals surface area contributed by atoms with Gasteiger partial charge >= 0.3 is 7.60 Å². The fraction of sp³-hybridized carbons (Fsp3) is 0.846. The molecule has 1 atom stereocenters. The maximum Gasteiger partial charge on any atom is 0.362 e. The van der Waals surface area contributed by atoms with Gasteiger partial charge in [-0.2, -0.15) is 0 Å². The predicted molar refractivity (Wildman–Crippen MR) is 138 cm³/mol. The molecule has 0 radical (unpaired) electrons. The SMILES string of the molecule is CC/C=C\CCCCCCCCCC/C=C\CCCCCC(O)(C[N+](C)(C)C)P(=O)(O)O. The molecule has 0 bridgehead atoms. The van der Waals surface area contributed by atoms with Gasteiger partial charge in [0.2, 0.25) is 5.34 Å². The van der Waals surface area contributed by atoms with Gasteiger partial charge in [-0.3, -0.25) is 4.57 Å². The lowest BCUT2D eigenvalue weighted by Crippen LogP contribution is -2.49. The number of likely N-dealkylation sites (N-methyl/N-ethyl adjacent to an activating group) is 1. The molecular formula is C26H53NO4P+. The molecule has 0 aliphatic heterocycles. The van der Waals surface area contributed by atoms with E-state index in [2.05, 4.69) is 31.2 Å². The van der Waals surface area contributed by atoms with E-state index in [4.69, 9.17) is 0 Å². The van der Waals surface area contributed by atoms with Crippen molar-refractivity contribution in [2.45, 2.75) is 115 Å². The lowest BCUT2D eigenvalue weighted by atomic mass is 10.1. The standard InChI is InChI=1S/C26H52NO4P/c1-5-6-7-8-9-10-11-12-13-14-15-16-17-18-19-20-21-22-23-24-26(28,32(29,30)31)25-27(2,3)4/h6-7,18-19,28H,5,8-17,20-25H2,1-4H3,(H-,29,30,31)/p+1/b7-6-,19-18-. The summed E-state index contributed by atoms with van der Waals surface area (Å²) in [7, 11) is 0.945. The number of rotatable bonds is 21. The monoisotopic (exact) mass is 474 g/mol. The van der Waals surface area contributed by atoms with E-state index >= 15 is 0 Å². The zero-order valence-electron chi connectivity index (χ0n) is 21.5. The minimum Gasteiger partial charge on any atom is -0.373 e. The van der Waals surface area contributed by atoms with Gasteiger partial charge in [-0.05, 0) is 57.8 Å². The number of unbranched alkanes of at least 4 members (excludes halogenated alkanes) is 12. The normalized spacial score (nSPS) is 15.1. The van der Waals surface area contributed by atoms with Crippen LogP contribution in [0.1, 0.15) is 110 Å². The Morgan fingerprint density at radius 2 is 1.06 bits per heavy atom. The topological polar surface area (TPSA) is 77.8 Å². The Morgan fingerprint density at radius 1 is 0.688 bits per heavy atom. The summed E-state index contributed by atoms with van der Waals surface area (Å²) in [5.41, 5.74) is 0. The lowest BCUT2D eigenvalue weighted by molar-refractivity contribution is -0.875. The number of hydrogen-bond donors (Lipinski definition) is 3. The molecule has 0 heterocycles. The summed E-state index contributed by atoms with van der Waals surface area (Å²) in [6.07, 6.45) is 27.0. The van der Waals surface area contributed by atoms with E-state index in [1.54, 1.807) is 0 Å². The van der Waals surface area contributed by atoms with Crippen LogP contribution in [0.15, 0.2) is 24.3 Å². The number of nitrogens with zero attached hydrogens (tertiary/aromatic N) is 1. The van der Waals surface area contributed by atoms with Crippen LogP contribution < -0.4 is 0 Å². The van der Waals surface area contributed by atoms with E-state index in [0.29, 0.717) is 10.9 Å². The Kier molecular flexibility index (Phi) is 17.7. The molecule has 0 rings (SSSR count). The number of allylic oxidation sites excluding steroid dienone is 4. The van der Waals surface area contributed by atoms with E-state index in [0.717, 1.165) is 32.1 Å². The van der Waals surface area contributed by atoms with Crippen LogP contribution in [0.2, 0.25) is 0 Å². The number of hydrogen-bond acceptors (Lipinski definition) is 2. The quantitative estimate of drug-likeness (QED) is 0.0729. The maximum atomic E-state index is 11.8. The van der Waals surface area contributed by atoms with Crippen LogP contribution in [0, 0.1) is 0 Å². The third-order valence-electron chi connectivity index (χ3n) is 5.78. The average molecular weight is 475 g/mol. The minimum atomic E-state index is -4.55. The van der Waals surface area contributed by atoms with Crippen molar-refractivity contribution in [1.29, 1.82) is 0 Å². The third-order valence-corrected chi connectivity index (χ3v) is 7.23. The predicted octanol–water partition coefficient (Wildman–Crippen LogP) is 6.93. The van der Waals surface area contributed by atoms with Gasteiger partial charge in [0.1, 0.15) is 6.54 Å². The van der Waals surface area contributed by atoms with Gasteiger partial charge in [0.15, 0.2) is 0 Å². The van der Waals surface area contributed by atoms with Crippen molar-refractivity contribution >= 4 is 7.60 Å². The molecule has 6 heteroatoms. The molecule has 0 aromatic rings. The van der Waals surface area contributed by atoms with Gasteiger partial charge in [0.05, 0.1) is 21.1 Å². The van der Waals surface area contributed by atoms with E-state index < -0.39 is 12.9 Å². The molecule has 0 aromatic heterocycles. The van der Waals surface area contributed by atoms with Crippen molar-refractivity contribution in [2.75, 3.05) is 27.7 Å². The molecule has 32 heavy (non-hydrogen) atoms. The smallest absolute Gasteiger partial charge is 0.362 e. The lowest BCUT2D eigenvalue weighted by Gasteiger charge is -2.35. The van der Waals surface area contributed by atoms with Gasteiger partial charge in [-0.25, -0.2) is 0 Å². The largest absolute Gasteiger partial charge is 0.373 e. The van der Waals surface area contributed by atoms with Crippen molar-refractivity contribution in [1.82, 2.24) is 0 Å². The Bertz CT molecular complexity index is 551. The maximum absolute atomic E-state index is 11.8. The zero-order valence-corrected chi connectivity index (χ0v) is 22.4. The van der Waals surface area contributed by atoms with Crippen LogP contribution in [0.3, 0.4) is 0 Å². The minimum absolute atomic E-state index is 0.0494. The Labute approximate surface area is 198 Å². The molecule has 190 valence electrons. The fourth-order valence-electron chi connectivity index (χ4n) is 4.03. The van der Waals surface area contributed by atoms with Crippen LogP contribution in [-0.4, -0.2) is 52.4 Å². The van der Waals surface area contributed by atoms with Gasteiger partial charge in [-0.15, -0.1) is 0 Å². The molecule has 0 aromatic carbocycles. The highest BCUT2D eigenvalue weighted by atomic mass is 31.2. The summed E-state index contributed by atoms with van der Waals surface area (Å²) >= 11 is 0. The number of quaternary nitrogens is 1. The van der Waals surface area contributed by atoms with E-state index in [1.165, 1.54) is 57.8 Å². The van der Waals surface area contributed by atoms with Crippen LogP contribution in [0.4, 0.5) is 0 Å². The third kappa shape index (κ3) is 18.0. The van der Waals surface area contributed by atoms with E-state index in [9.17, 15) is 19.5 Å². The molecular weight excluding hydrogens is 421 g/mol. The second kappa shape index (κ2) is 18.0. The molecule has 0 amide bonds. The van der Waals surface area contributed by atoms with Crippen LogP contribution >= 0.6 is 7.60 Å². The highest BCUT2D eigenvalue weighted by Crippen LogP contribution is 2.52. The first kappa shape index (κ1) is 31.6. The van der Waals surface area contributed by atoms with Crippen molar-refractivity contribution in [3.63, 3.8) is 0 Å². The molecule has 0 aliphatic carbocycles. The molecule has 0 saturated carbocycles. The van der Waals surface area contributed by atoms with Crippen molar-refractivity contribution in [3.8, 4) is 0 Å². The first-order valence-corrected chi connectivity index (χ1v) is 14.5. The first-order chi connectivity index (χ1) is 15.0. The van der Waals surface area contributed by atoms with Crippen molar-refractivity contribution in [2.24, 2.45) is 0 Å². The summed E-state index contributed by atoms with van der Waals surface area (Å²) in [5.74, 6) is 0. The second-order valence-corrected chi connectivity index (χ2v) is 12.3. The van der Waals surface area contributed by atoms with Gasteiger partial charge in [0.25, 0.3) is 0 Å². The highest BCUT2D eigenvalue weighted by molar-refractivity contribution is 7.53. The molecule has 0 fully saturated rings. The summed E-state index contributed by atoms with van der Waals surface area (Å²) in [5, 5.41) is 8.61. The Hall–Kier alpha value is -0.450. The molecule has 5 nitrogen and oxygen atoms in total. The molecule has 3 N–H and O–H groups in total.